The third kappa shape index (κ3) is 2.87. The standard InChI is InChI=1S/C16H15N7O/c1-2-3-12-22-23-15(24-12)10-6-4-9(5-7-10)13-11(8-17)14(18)21-16(19)20-13/h4-7H,2-3H2,1H3,(H4,18,19,20,21). The van der Waals surface area contributed by atoms with Crippen LogP contribution in [0.2, 0.25) is 0 Å². The van der Waals surface area contributed by atoms with Crippen LogP contribution in [0.25, 0.3) is 22.7 Å². The van der Waals surface area contributed by atoms with Crippen LogP contribution in [0.15, 0.2) is 28.7 Å². The average Bonchev–Trinajstić information content (AvgIpc) is 3.03. The summed E-state index contributed by atoms with van der Waals surface area (Å²) in [5.41, 5.74) is 13.4. The first-order chi connectivity index (χ1) is 11.6. The fraction of sp³-hybridized carbons (Fsp3) is 0.188. The van der Waals surface area contributed by atoms with Gasteiger partial charge in [0.1, 0.15) is 17.5 Å². The predicted molar refractivity (Wildman–Crippen MR) is 88.3 cm³/mol. The molecular weight excluding hydrogens is 306 g/mol. The minimum Gasteiger partial charge on any atom is -0.421 e. The van der Waals surface area contributed by atoms with Crippen molar-refractivity contribution in [2.75, 3.05) is 11.5 Å². The Morgan fingerprint density at radius 2 is 1.79 bits per heavy atom. The second-order valence-corrected chi connectivity index (χ2v) is 5.13. The van der Waals surface area contributed by atoms with Crippen molar-refractivity contribution in [2.24, 2.45) is 0 Å². The van der Waals surface area contributed by atoms with E-state index in [-0.39, 0.29) is 17.3 Å². The summed E-state index contributed by atoms with van der Waals surface area (Å²) in [4.78, 5) is 7.92. The lowest BCUT2D eigenvalue weighted by molar-refractivity contribution is 0.502. The van der Waals surface area contributed by atoms with Crippen LogP contribution in [0.5, 0.6) is 0 Å². The van der Waals surface area contributed by atoms with Crippen LogP contribution in [0, 0.1) is 11.3 Å². The zero-order valence-electron chi connectivity index (χ0n) is 13.0. The van der Waals surface area contributed by atoms with Gasteiger partial charge in [0.05, 0.1) is 5.69 Å². The van der Waals surface area contributed by atoms with Crippen molar-refractivity contribution in [1.29, 1.82) is 5.26 Å². The molecule has 1 aromatic carbocycles. The largest absolute Gasteiger partial charge is 0.421 e. The summed E-state index contributed by atoms with van der Waals surface area (Å²) < 4.78 is 5.60. The molecule has 0 amide bonds. The molecule has 0 saturated heterocycles. The molecule has 0 aliphatic rings. The Balaban J connectivity index is 1.97. The molecule has 4 N–H and O–H groups in total. The Hall–Kier alpha value is -3.47. The molecule has 0 spiro atoms. The number of nitrogens with zero attached hydrogens (tertiary/aromatic N) is 5. The van der Waals surface area contributed by atoms with Crippen LogP contribution >= 0.6 is 0 Å². The highest BCUT2D eigenvalue weighted by Gasteiger charge is 2.14. The highest BCUT2D eigenvalue weighted by Crippen LogP contribution is 2.27. The van der Waals surface area contributed by atoms with Gasteiger partial charge in [-0.1, -0.05) is 19.1 Å². The molecule has 0 aliphatic heterocycles. The first kappa shape index (κ1) is 15.4. The maximum atomic E-state index is 9.25. The molecule has 0 aliphatic carbocycles. The van der Waals surface area contributed by atoms with Crippen LogP contribution in [-0.2, 0) is 6.42 Å². The van der Waals surface area contributed by atoms with Gasteiger partial charge in [0.15, 0.2) is 0 Å². The lowest BCUT2D eigenvalue weighted by atomic mass is 10.1. The van der Waals surface area contributed by atoms with E-state index in [4.69, 9.17) is 15.9 Å². The van der Waals surface area contributed by atoms with Crippen LogP contribution in [0.1, 0.15) is 24.8 Å². The van der Waals surface area contributed by atoms with Gasteiger partial charge in [-0.05, 0) is 18.6 Å². The van der Waals surface area contributed by atoms with Gasteiger partial charge in [-0.3, -0.25) is 0 Å². The van der Waals surface area contributed by atoms with Gasteiger partial charge in [0.2, 0.25) is 17.7 Å². The van der Waals surface area contributed by atoms with Crippen molar-refractivity contribution in [3.05, 3.63) is 35.7 Å². The molecule has 0 radical (unpaired) electrons. The summed E-state index contributed by atoms with van der Waals surface area (Å²) in [5.74, 6) is 1.14. The van der Waals surface area contributed by atoms with E-state index < -0.39 is 0 Å². The number of aryl methyl sites for hydroxylation is 1. The van der Waals surface area contributed by atoms with E-state index in [9.17, 15) is 5.26 Å². The second kappa shape index (κ2) is 6.34. The molecule has 120 valence electrons. The fourth-order valence-electron chi connectivity index (χ4n) is 2.27. The topological polar surface area (TPSA) is 141 Å². The number of aromatic nitrogens is 4. The number of hydrogen-bond donors (Lipinski definition) is 2. The molecular formula is C16H15N7O. The minimum atomic E-state index is 0.0201. The van der Waals surface area contributed by atoms with E-state index in [1.54, 1.807) is 12.1 Å². The molecule has 0 unspecified atom stereocenters. The molecule has 0 fully saturated rings. The van der Waals surface area contributed by atoms with E-state index in [0.717, 1.165) is 18.4 Å². The van der Waals surface area contributed by atoms with E-state index in [2.05, 4.69) is 20.2 Å². The first-order valence-corrected chi connectivity index (χ1v) is 7.38. The normalized spacial score (nSPS) is 10.5. The maximum absolute atomic E-state index is 9.25. The van der Waals surface area contributed by atoms with Crippen LogP contribution in [-0.4, -0.2) is 20.2 Å². The van der Waals surface area contributed by atoms with Crippen LogP contribution in [0.4, 0.5) is 11.8 Å². The van der Waals surface area contributed by atoms with E-state index >= 15 is 0 Å². The Morgan fingerprint density at radius 1 is 1.08 bits per heavy atom. The molecule has 3 aromatic rings. The summed E-state index contributed by atoms with van der Waals surface area (Å²) in [5, 5.41) is 17.3. The summed E-state index contributed by atoms with van der Waals surface area (Å²) >= 11 is 0. The molecule has 0 bridgehead atoms. The molecule has 3 rings (SSSR count). The average molecular weight is 321 g/mol. The lowest BCUT2D eigenvalue weighted by Crippen LogP contribution is -2.04. The predicted octanol–water partition coefficient (Wildman–Crippen LogP) is 2.18. The second-order valence-electron chi connectivity index (χ2n) is 5.13. The number of hydrogen-bond acceptors (Lipinski definition) is 8. The van der Waals surface area contributed by atoms with E-state index in [1.807, 2.05) is 25.1 Å². The first-order valence-electron chi connectivity index (χ1n) is 7.38. The summed E-state index contributed by atoms with van der Waals surface area (Å²) in [6.45, 7) is 2.05. The smallest absolute Gasteiger partial charge is 0.247 e. The molecule has 0 atom stereocenters. The van der Waals surface area contributed by atoms with Gasteiger partial charge in [-0.2, -0.15) is 10.2 Å². The number of benzene rings is 1. The zero-order chi connectivity index (χ0) is 17.1. The molecule has 2 heterocycles. The Labute approximate surface area is 138 Å². The van der Waals surface area contributed by atoms with Crippen molar-refractivity contribution < 1.29 is 4.42 Å². The van der Waals surface area contributed by atoms with Crippen LogP contribution < -0.4 is 11.5 Å². The molecule has 0 saturated carbocycles. The zero-order valence-corrected chi connectivity index (χ0v) is 13.0. The number of nitriles is 1. The highest BCUT2D eigenvalue weighted by atomic mass is 16.4. The van der Waals surface area contributed by atoms with E-state index in [1.165, 1.54) is 0 Å². The van der Waals surface area contributed by atoms with E-state index in [0.29, 0.717) is 23.0 Å². The molecule has 24 heavy (non-hydrogen) atoms. The monoisotopic (exact) mass is 321 g/mol. The fourth-order valence-corrected chi connectivity index (χ4v) is 2.27. The SMILES string of the molecule is CCCc1nnc(-c2ccc(-c3nc(N)nc(N)c3C#N)cc2)o1. The summed E-state index contributed by atoms with van der Waals surface area (Å²) in [6.07, 6.45) is 1.68. The molecule has 8 heteroatoms. The Kier molecular flexibility index (Phi) is 4.07. The van der Waals surface area contributed by atoms with Crippen molar-refractivity contribution in [3.63, 3.8) is 0 Å². The van der Waals surface area contributed by atoms with Gasteiger partial charge < -0.3 is 15.9 Å². The van der Waals surface area contributed by atoms with Crippen molar-refractivity contribution in [1.82, 2.24) is 20.2 Å². The third-order valence-corrected chi connectivity index (χ3v) is 3.40. The number of nitrogens with two attached hydrogens (primary N) is 2. The van der Waals surface area contributed by atoms with Crippen LogP contribution in [0.3, 0.4) is 0 Å². The van der Waals surface area contributed by atoms with Crippen molar-refractivity contribution >= 4 is 11.8 Å². The van der Waals surface area contributed by atoms with Gasteiger partial charge >= 0.3 is 0 Å². The lowest BCUT2D eigenvalue weighted by Gasteiger charge is -2.06. The Bertz CT molecular complexity index is 909. The van der Waals surface area contributed by atoms with Gasteiger partial charge in [0.25, 0.3) is 0 Å². The molecule has 8 nitrogen and oxygen atoms in total. The van der Waals surface area contributed by atoms with Gasteiger partial charge in [-0.25, -0.2) is 4.98 Å². The Morgan fingerprint density at radius 3 is 2.46 bits per heavy atom. The number of nitrogen functional groups attached to an aromatic ring is 2. The summed E-state index contributed by atoms with van der Waals surface area (Å²) in [6, 6.07) is 9.22. The highest BCUT2D eigenvalue weighted by molar-refractivity contribution is 5.74. The minimum absolute atomic E-state index is 0.0201. The third-order valence-electron chi connectivity index (χ3n) is 3.40. The van der Waals surface area contributed by atoms with Gasteiger partial charge in [0, 0.05) is 17.5 Å². The summed E-state index contributed by atoms with van der Waals surface area (Å²) in [7, 11) is 0. The number of anilines is 2. The maximum Gasteiger partial charge on any atom is 0.247 e. The van der Waals surface area contributed by atoms with Gasteiger partial charge in [-0.15, -0.1) is 10.2 Å². The molecule has 2 aromatic heterocycles. The van der Waals surface area contributed by atoms with Crippen molar-refractivity contribution in [2.45, 2.75) is 19.8 Å². The number of rotatable bonds is 4. The quantitative estimate of drug-likeness (QED) is 0.744. The van der Waals surface area contributed by atoms with Crippen molar-refractivity contribution in [3.8, 4) is 28.8 Å².